The van der Waals surface area contributed by atoms with E-state index in [2.05, 4.69) is 0 Å². The molecule has 7 heteroatoms. The number of hydrogen-bond acceptors (Lipinski definition) is 5. The maximum absolute atomic E-state index is 13.1. The molecule has 7 nitrogen and oxygen atoms in total. The Morgan fingerprint density at radius 1 is 1.03 bits per heavy atom. The molecule has 3 aromatic carbocycles. The number of nitrogens with zero attached hydrogens (tertiary/aromatic N) is 3. The fourth-order valence-electron chi connectivity index (χ4n) is 3.89. The molecule has 0 aliphatic carbocycles. The molecule has 0 fully saturated rings. The number of benzene rings is 3. The number of fused-ring (bicyclic) bond motifs is 2. The highest BCUT2D eigenvalue weighted by Crippen LogP contribution is 2.31. The Balaban J connectivity index is 1.29. The van der Waals surface area contributed by atoms with E-state index in [1.54, 1.807) is 11.9 Å². The number of hydrogen-bond donors (Lipinski definition) is 0. The van der Waals surface area contributed by atoms with Crippen molar-refractivity contribution in [3.8, 4) is 17.2 Å². The van der Waals surface area contributed by atoms with Crippen molar-refractivity contribution in [3.05, 3.63) is 84.7 Å². The van der Waals surface area contributed by atoms with E-state index >= 15 is 0 Å². The zero-order valence-corrected chi connectivity index (χ0v) is 18.4. The van der Waals surface area contributed by atoms with Crippen molar-refractivity contribution in [2.45, 2.75) is 19.3 Å². The molecule has 5 rings (SSSR count). The molecular weight excluding hydrogens is 418 g/mol. The van der Waals surface area contributed by atoms with Crippen LogP contribution in [-0.4, -0.2) is 46.7 Å². The maximum Gasteiger partial charge on any atom is 0.242 e. The molecule has 0 bridgehead atoms. The number of carbonyl (C=O) groups excluding carboxylic acids is 1. The Kier molecular flexibility index (Phi) is 5.85. The number of rotatable bonds is 7. The third-order valence-electron chi connectivity index (χ3n) is 5.61. The van der Waals surface area contributed by atoms with E-state index in [4.69, 9.17) is 19.2 Å². The van der Waals surface area contributed by atoms with E-state index in [0.29, 0.717) is 24.7 Å². The van der Waals surface area contributed by atoms with Gasteiger partial charge in [-0.25, -0.2) is 4.98 Å². The molecule has 1 amide bonds. The average Bonchev–Trinajstić information content (AvgIpc) is 3.20. The summed E-state index contributed by atoms with van der Waals surface area (Å²) >= 11 is 0. The number of likely N-dealkylation sites (N-methyl/N-ethyl adjacent to an activating group) is 1. The van der Waals surface area contributed by atoms with Gasteiger partial charge in [0.2, 0.25) is 5.91 Å². The highest BCUT2D eigenvalue weighted by atomic mass is 16.6. The van der Waals surface area contributed by atoms with Gasteiger partial charge in [-0.15, -0.1) is 0 Å². The fraction of sp³-hybridized carbons (Fsp3) is 0.231. The molecule has 0 N–H and O–H groups in total. The molecule has 2 heterocycles. The standard InChI is InChI=1S/C26H25N3O4/c1-28(15-20-17-32-23-13-7-8-14-24(23)33-20)26(30)16-29-22-12-6-5-11-21(22)27-25(29)18-31-19-9-3-2-4-10-19/h2-14,20H,15-18H2,1H3. The van der Waals surface area contributed by atoms with E-state index < -0.39 is 0 Å². The van der Waals surface area contributed by atoms with Crippen molar-refractivity contribution in [1.29, 1.82) is 0 Å². The van der Waals surface area contributed by atoms with Gasteiger partial charge in [-0.3, -0.25) is 4.79 Å². The van der Waals surface area contributed by atoms with Crippen molar-refractivity contribution >= 4 is 16.9 Å². The van der Waals surface area contributed by atoms with Crippen molar-refractivity contribution < 1.29 is 19.0 Å². The molecule has 1 aliphatic heterocycles. The van der Waals surface area contributed by atoms with Gasteiger partial charge >= 0.3 is 0 Å². The number of para-hydroxylation sites is 5. The molecular formula is C26H25N3O4. The summed E-state index contributed by atoms with van der Waals surface area (Å²) in [6.07, 6.45) is -0.228. The van der Waals surface area contributed by atoms with Gasteiger partial charge in [0.25, 0.3) is 0 Å². The summed E-state index contributed by atoms with van der Waals surface area (Å²) in [7, 11) is 1.78. The third-order valence-corrected chi connectivity index (χ3v) is 5.61. The minimum atomic E-state index is -0.228. The lowest BCUT2D eigenvalue weighted by atomic mass is 10.2. The quantitative estimate of drug-likeness (QED) is 0.433. The van der Waals surface area contributed by atoms with Crippen LogP contribution in [0.3, 0.4) is 0 Å². The normalized spacial score (nSPS) is 14.8. The summed E-state index contributed by atoms with van der Waals surface area (Å²) in [6, 6.07) is 24.9. The SMILES string of the molecule is CN(CC1COc2ccccc2O1)C(=O)Cn1c(COc2ccccc2)nc2ccccc21. The number of carbonyl (C=O) groups is 1. The monoisotopic (exact) mass is 443 g/mol. The predicted octanol–water partition coefficient (Wildman–Crippen LogP) is 3.91. The molecule has 1 atom stereocenters. The van der Waals surface area contributed by atoms with Gasteiger partial charge in [0.1, 0.15) is 31.3 Å². The van der Waals surface area contributed by atoms with Crippen molar-refractivity contribution in [2.75, 3.05) is 20.2 Å². The highest BCUT2D eigenvalue weighted by Gasteiger charge is 2.24. The molecule has 1 aliphatic rings. The van der Waals surface area contributed by atoms with Crippen molar-refractivity contribution in [1.82, 2.24) is 14.5 Å². The zero-order valence-electron chi connectivity index (χ0n) is 18.4. The molecule has 0 saturated heterocycles. The van der Waals surface area contributed by atoms with Crippen LogP contribution in [-0.2, 0) is 17.9 Å². The van der Waals surface area contributed by atoms with Gasteiger partial charge in [-0.1, -0.05) is 42.5 Å². The Morgan fingerprint density at radius 3 is 2.61 bits per heavy atom. The lowest BCUT2D eigenvalue weighted by molar-refractivity contribution is -0.131. The van der Waals surface area contributed by atoms with E-state index in [1.165, 1.54) is 0 Å². The number of aromatic nitrogens is 2. The van der Waals surface area contributed by atoms with Gasteiger partial charge in [-0.2, -0.15) is 0 Å². The van der Waals surface area contributed by atoms with E-state index in [0.717, 1.165) is 22.5 Å². The first-order chi connectivity index (χ1) is 16.2. The Bertz CT molecular complexity index is 1250. The molecule has 33 heavy (non-hydrogen) atoms. The Hall–Kier alpha value is -4.00. The van der Waals surface area contributed by atoms with Crippen LogP contribution in [0.2, 0.25) is 0 Å². The van der Waals surface area contributed by atoms with Crippen LogP contribution in [0.4, 0.5) is 0 Å². The molecule has 0 radical (unpaired) electrons. The smallest absolute Gasteiger partial charge is 0.242 e. The second kappa shape index (κ2) is 9.24. The van der Waals surface area contributed by atoms with Crippen molar-refractivity contribution in [2.24, 2.45) is 0 Å². The first-order valence-electron chi connectivity index (χ1n) is 10.9. The maximum atomic E-state index is 13.1. The lowest BCUT2D eigenvalue weighted by Gasteiger charge is -2.29. The summed E-state index contributed by atoms with van der Waals surface area (Å²) in [5.41, 5.74) is 1.73. The topological polar surface area (TPSA) is 65.8 Å². The first-order valence-corrected chi connectivity index (χ1v) is 10.9. The molecule has 0 spiro atoms. The van der Waals surface area contributed by atoms with Crippen LogP contribution in [0, 0.1) is 0 Å². The molecule has 4 aromatic rings. The predicted molar refractivity (Wildman–Crippen MR) is 124 cm³/mol. The molecule has 168 valence electrons. The van der Waals surface area contributed by atoms with Crippen LogP contribution >= 0.6 is 0 Å². The van der Waals surface area contributed by atoms with Gasteiger partial charge in [-0.05, 0) is 36.4 Å². The second-order valence-electron chi connectivity index (χ2n) is 7.98. The largest absolute Gasteiger partial charge is 0.486 e. The van der Waals surface area contributed by atoms with E-state index in [1.807, 2.05) is 83.4 Å². The third kappa shape index (κ3) is 4.62. The van der Waals surface area contributed by atoms with Gasteiger partial charge < -0.3 is 23.7 Å². The van der Waals surface area contributed by atoms with E-state index in [-0.39, 0.29) is 25.2 Å². The second-order valence-corrected chi connectivity index (χ2v) is 7.98. The fourth-order valence-corrected chi connectivity index (χ4v) is 3.89. The highest BCUT2D eigenvalue weighted by molar-refractivity contribution is 5.81. The minimum absolute atomic E-state index is 0.0402. The Morgan fingerprint density at radius 2 is 1.76 bits per heavy atom. The number of imidazole rings is 1. The molecule has 1 unspecified atom stereocenters. The van der Waals surface area contributed by atoms with Crippen LogP contribution < -0.4 is 14.2 Å². The van der Waals surface area contributed by atoms with Crippen LogP contribution in [0.1, 0.15) is 5.82 Å². The summed E-state index contributed by atoms with van der Waals surface area (Å²) in [4.78, 5) is 19.5. The van der Waals surface area contributed by atoms with Gasteiger partial charge in [0, 0.05) is 7.05 Å². The van der Waals surface area contributed by atoms with Crippen LogP contribution in [0.15, 0.2) is 78.9 Å². The van der Waals surface area contributed by atoms with E-state index in [9.17, 15) is 4.79 Å². The number of ether oxygens (including phenoxy) is 3. The van der Waals surface area contributed by atoms with Crippen LogP contribution in [0.5, 0.6) is 17.2 Å². The summed E-state index contributed by atoms with van der Waals surface area (Å²) < 4.78 is 19.6. The molecule has 0 saturated carbocycles. The number of amides is 1. The minimum Gasteiger partial charge on any atom is -0.486 e. The first kappa shape index (κ1) is 20.9. The van der Waals surface area contributed by atoms with Gasteiger partial charge in [0.15, 0.2) is 17.6 Å². The summed E-state index contributed by atoms with van der Waals surface area (Å²) in [5.74, 6) is 2.86. The van der Waals surface area contributed by atoms with Crippen LogP contribution in [0.25, 0.3) is 11.0 Å². The lowest BCUT2D eigenvalue weighted by Crippen LogP contribution is -2.42. The Labute approximate surface area is 192 Å². The molecule has 1 aromatic heterocycles. The average molecular weight is 444 g/mol. The van der Waals surface area contributed by atoms with Crippen molar-refractivity contribution in [3.63, 3.8) is 0 Å². The summed E-state index contributed by atoms with van der Waals surface area (Å²) in [6.45, 7) is 1.26. The summed E-state index contributed by atoms with van der Waals surface area (Å²) in [5, 5.41) is 0. The van der Waals surface area contributed by atoms with Gasteiger partial charge in [0.05, 0.1) is 17.6 Å². The zero-order chi connectivity index (χ0) is 22.6.